The molecule has 1 aliphatic carbocycles. The van der Waals surface area contributed by atoms with Gasteiger partial charge in [-0.3, -0.25) is 0 Å². The number of nitrogens with zero attached hydrogens (tertiary/aromatic N) is 1. The van der Waals surface area contributed by atoms with Crippen molar-refractivity contribution in [3.8, 4) is 0 Å². The molecule has 1 N–H and O–H groups in total. The Balaban J connectivity index is 1.90. The molecule has 1 aromatic carbocycles. The summed E-state index contributed by atoms with van der Waals surface area (Å²) in [6.45, 7) is 2.32. The smallest absolute Gasteiger partial charge is 0.0702 e. The summed E-state index contributed by atoms with van der Waals surface area (Å²) in [4.78, 5) is 2.60. The number of nitrogens with one attached hydrogen (secondary N) is 1. The van der Waals surface area contributed by atoms with Crippen LogP contribution in [0.15, 0.2) is 24.3 Å². The van der Waals surface area contributed by atoms with E-state index in [4.69, 9.17) is 0 Å². The molecule has 1 aliphatic heterocycles. The summed E-state index contributed by atoms with van der Waals surface area (Å²) in [6.07, 6.45) is 1.27. The second-order valence-corrected chi connectivity index (χ2v) is 5.91. The molecule has 2 nitrogen and oxygen atoms in total. The van der Waals surface area contributed by atoms with E-state index in [-0.39, 0.29) is 0 Å². The maximum atomic E-state index is 3.43. The Labute approximate surface area is 117 Å². The topological polar surface area (TPSA) is 15.3 Å². The Morgan fingerprint density at radius 2 is 2.24 bits per heavy atom. The third-order valence-corrected chi connectivity index (χ3v) is 5.20. The van der Waals surface area contributed by atoms with Crippen LogP contribution in [0.1, 0.15) is 12.5 Å². The fourth-order valence-electron chi connectivity index (χ4n) is 3.46. The quantitative estimate of drug-likeness (QED) is 0.516. The molecule has 1 saturated carbocycles. The van der Waals surface area contributed by atoms with Gasteiger partial charge in [-0.05, 0) is 43.9 Å². The molecule has 0 radical (unpaired) electrons. The number of hydrogen-bond donors (Lipinski definition) is 1. The zero-order chi connectivity index (χ0) is 12.0. The van der Waals surface area contributed by atoms with E-state index in [1.54, 1.807) is 0 Å². The standard InChI is InChI=1S/C14H19IN2/c1-9(16-2)13-11-7-10-5-3-4-6-12(10)17(8-15)14(11)13/h3-6,9,11,13-14,16H,7-8H2,1-2H3/t9?,11?,13?,14-/m0/s1. The van der Waals surface area contributed by atoms with Crippen LogP contribution in [0.25, 0.3) is 0 Å². The van der Waals surface area contributed by atoms with Crippen molar-refractivity contribution in [3.63, 3.8) is 0 Å². The van der Waals surface area contributed by atoms with Gasteiger partial charge in [0, 0.05) is 17.8 Å². The molecule has 92 valence electrons. The van der Waals surface area contributed by atoms with Crippen molar-refractivity contribution in [3.05, 3.63) is 29.8 Å². The lowest BCUT2D eigenvalue weighted by molar-refractivity contribution is 0.507. The zero-order valence-electron chi connectivity index (χ0n) is 10.4. The van der Waals surface area contributed by atoms with E-state index in [2.05, 4.69) is 71.0 Å². The van der Waals surface area contributed by atoms with Crippen LogP contribution in [-0.4, -0.2) is 23.7 Å². The number of fused-ring (bicyclic) bond motifs is 2. The molecule has 3 heteroatoms. The van der Waals surface area contributed by atoms with Crippen molar-refractivity contribution >= 4 is 28.3 Å². The van der Waals surface area contributed by atoms with Crippen molar-refractivity contribution in [2.45, 2.75) is 25.4 Å². The third kappa shape index (κ3) is 1.78. The van der Waals surface area contributed by atoms with E-state index in [9.17, 15) is 0 Å². The predicted molar refractivity (Wildman–Crippen MR) is 80.8 cm³/mol. The Bertz CT molecular complexity index is 420. The maximum absolute atomic E-state index is 3.43. The first-order valence-corrected chi connectivity index (χ1v) is 7.88. The van der Waals surface area contributed by atoms with Gasteiger partial charge in [0.05, 0.1) is 4.55 Å². The number of anilines is 1. The van der Waals surface area contributed by atoms with Crippen LogP contribution in [-0.2, 0) is 6.42 Å². The average molecular weight is 342 g/mol. The molecule has 17 heavy (non-hydrogen) atoms. The minimum atomic E-state index is 0.629. The largest absolute Gasteiger partial charge is 0.358 e. The van der Waals surface area contributed by atoms with Crippen LogP contribution < -0.4 is 10.2 Å². The molecule has 0 amide bonds. The normalized spacial score (nSPS) is 31.7. The molecule has 0 saturated heterocycles. The summed E-state index contributed by atoms with van der Waals surface area (Å²) in [5.74, 6) is 1.68. The van der Waals surface area contributed by atoms with Crippen molar-refractivity contribution in [2.75, 3.05) is 16.5 Å². The fraction of sp³-hybridized carbons (Fsp3) is 0.571. The molecule has 2 aliphatic rings. The molecule has 1 fully saturated rings. The number of halogens is 1. The number of para-hydroxylation sites is 1. The Morgan fingerprint density at radius 1 is 1.47 bits per heavy atom. The number of benzene rings is 1. The van der Waals surface area contributed by atoms with Crippen LogP contribution in [0.3, 0.4) is 0 Å². The molecular formula is C14H19IN2. The van der Waals surface area contributed by atoms with E-state index in [0.29, 0.717) is 6.04 Å². The van der Waals surface area contributed by atoms with E-state index in [1.807, 2.05) is 0 Å². The first-order chi connectivity index (χ1) is 8.27. The Kier molecular flexibility index (Phi) is 3.07. The summed E-state index contributed by atoms with van der Waals surface area (Å²) in [7, 11) is 2.08. The van der Waals surface area contributed by atoms with Gasteiger partial charge in [0.25, 0.3) is 0 Å². The average Bonchev–Trinajstić information content (AvgIpc) is 3.08. The second kappa shape index (κ2) is 4.43. The van der Waals surface area contributed by atoms with Crippen molar-refractivity contribution in [1.82, 2.24) is 5.32 Å². The Morgan fingerprint density at radius 3 is 2.94 bits per heavy atom. The first-order valence-electron chi connectivity index (χ1n) is 6.35. The summed E-state index contributed by atoms with van der Waals surface area (Å²) >= 11 is 2.50. The molecule has 1 aromatic rings. The van der Waals surface area contributed by atoms with Gasteiger partial charge < -0.3 is 10.2 Å². The summed E-state index contributed by atoms with van der Waals surface area (Å²) < 4.78 is 1.10. The minimum Gasteiger partial charge on any atom is -0.358 e. The van der Waals surface area contributed by atoms with Gasteiger partial charge >= 0.3 is 0 Å². The van der Waals surface area contributed by atoms with Gasteiger partial charge in [-0.1, -0.05) is 40.8 Å². The molecular weight excluding hydrogens is 323 g/mol. The van der Waals surface area contributed by atoms with Gasteiger partial charge in [-0.2, -0.15) is 0 Å². The third-order valence-electron chi connectivity index (χ3n) is 4.46. The second-order valence-electron chi connectivity index (χ2n) is 5.23. The summed E-state index contributed by atoms with van der Waals surface area (Å²) in [6, 6.07) is 10.3. The predicted octanol–water partition coefficient (Wildman–Crippen LogP) is 2.66. The van der Waals surface area contributed by atoms with Gasteiger partial charge in [-0.15, -0.1) is 0 Å². The zero-order valence-corrected chi connectivity index (χ0v) is 12.5. The monoisotopic (exact) mass is 342 g/mol. The fourth-order valence-corrected chi connectivity index (χ4v) is 4.28. The molecule has 0 spiro atoms. The minimum absolute atomic E-state index is 0.629. The highest BCUT2D eigenvalue weighted by Crippen LogP contribution is 2.53. The molecule has 0 bridgehead atoms. The highest BCUT2D eigenvalue weighted by Gasteiger charge is 2.57. The molecule has 3 rings (SSSR count). The summed E-state index contributed by atoms with van der Waals surface area (Å²) in [5, 5.41) is 3.43. The number of alkyl halides is 1. The van der Waals surface area contributed by atoms with Gasteiger partial charge in [-0.25, -0.2) is 0 Å². The van der Waals surface area contributed by atoms with Gasteiger partial charge in [0.1, 0.15) is 0 Å². The van der Waals surface area contributed by atoms with Crippen LogP contribution >= 0.6 is 22.6 Å². The lowest BCUT2D eigenvalue weighted by Gasteiger charge is -2.29. The van der Waals surface area contributed by atoms with Crippen LogP contribution in [0, 0.1) is 11.8 Å². The van der Waals surface area contributed by atoms with Crippen molar-refractivity contribution < 1.29 is 0 Å². The lowest BCUT2D eigenvalue weighted by atomic mass is 10.0. The Hall–Kier alpha value is -0.290. The highest BCUT2D eigenvalue weighted by molar-refractivity contribution is 14.1. The van der Waals surface area contributed by atoms with E-state index in [1.165, 1.54) is 17.7 Å². The van der Waals surface area contributed by atoms with Crippen molar-refractivity contribution in [2.24, 2.45) is 11.8 Å². The SMILES string of the molecule is CNC(C)C1C2Cc3ccccc3N(CI)[C@@H]21. The maximum Gasteiger partial charge on any atom is 0.0702 e. The molecule has 1 heterocycles. The molecule has 3 unspecified atom stereocenters. The number of rotatable bonds is 3. The molecule has 4 atom stereocenters. The van der Waals surface area contributed by atoms with Crippen LogP contribution in [0.5, 0.6) is 0 Å². The van der Waals surface area contributed by atoms with Gasteiger partial charge in [0.2, 0.25) is 0 Å². The highest BCUT2D eigenvalue weighted by atomic mass is 127. The molecule has 0 aromatic heterocycles. The van der Waals surface area contributed by atoms with E-state index < -0.39 is 0 Å². The van der Waals surface area contributed by atoms with Crippen LogP contribution in [0.4, 0.5) is 5.69 Å². The van der Waals surface area contributed by atoms with Crippen molar-refractivity contribution in [1.29, 1.82) is 0 Å². The van der Waals surface area contributed by atoms with E-state index >= 15 is 0 Å². The first kappa shape index (κ1) is 11.8. The summed E-state index contributed by atoms with van der Waals surface area (Å²) in [5.41, 5.74) is 3.00. The van der Waals surface area contributed by atoms with E-state index in [0.717, 1.165) is 22.4 Å². The van der Waals surface area contributed by atoms with Gasteiger partial charge in [0.15, 0.2) is 0 Å². The van der Waals surface area contributed by atoms with Crippen LogP contribution in [0.2, 0.25) is 0 Å². The number of hydrogen-bond acceptors (Lipinski definition) is 2. The lowest BCUT2D eigenvalue weighted by Crippen LogP contribution is -2.33.